The van der Waals surface area contributed by atoms with Gasteiger partial charge in [0, 0.05) is 18.8 Å². The van der Waals surface area contributed by atoms with Gasteiger partial charge in [0.05, 0.1) is 0 Å². The van der Waals surface area contributed by atoms with E-state index in [9.17, 15) is 4.79 Å². The molecule has 0 heterocycles. The molecule has 1 rings (SSSR count). The Morgan fingerprint density at radius 1 is 1.41 bits per heavy atom. The minimum Gasteiger partial charge on any atom is -0.370 e. The van der Waals surface area contributed by atoms with Gasteiger partial charge in [0.1, 0.15) is 6.04 Å². The van der Waals surface area contributed by atoms with Crippen LogP contribution in [0, 0.1) is 6.92 Å². The molecule has 0 saturated heterocycles. The molecule has 1 aromatic carbocycles. The van der Waals surface area contributed by atoms with Crippen molar-refractivity contribution in [1.29, 1.82) is 0 Å². The Morgan fingerprint density at radius 2 is 2.00 bits per heavy atom. The van der Waals surface area contributed by atoms with Crippen LogP contribution in [0.2, 0.25) is 0 Å². The fourth-order valence-corrected chi connectivity index (χ4v) is 1.72. The minimum absolute atomic E-state index is 0.321. The highest BCUT2D eigenvalue weighted by molar-refractivity contribution is 5.80. The van der Waals surface area contributed by atoms with Crippen molar-refractivity contribution in [2.75, 3.05) is 25.0 Å². The van der Waals surface area contributed by atoms with Crippen LogP contribution >= 0.6 is 0 Å². The van der Waals surface area contributed by atoms with Crippen molar-refractivity contribution in [3.8, 4) is 0 Å². The molecule has 0 fully saturated rings. The van der Waals surface area contributed by atoms with Gasteiger partial charge in [-0.15, -0.1) is 0 Å². The van der Waals surface area contributed by atoms with Gasteiger partial charge >= 0.3 is 0 Å². The van der Waals surface area contributed by atoms with Crippen molar-refractivity contribution in [2.45, 2.75) is 19.9 Å². The van der Waals surface area contributed by atoms with Crippen LogP contribution in [0.3, 0.4) is 0 Å². The first-order valence-electron chi connectivity index (χ1n) is 5.86. The van der Waals surface area contributed by atoms with Gasteiger partial charge in [-0.25, -0.2) is 0 Å². The summed E-state index contributed by atoms with van der Waals surface area (Å²) in [7, 11) is 1.75. The average molecular weight is 235 g/mol. The molecule has 1 aromatic rings. The molecule has 17 heavy (non-hydrogen) atoms. The van der Waals surface area contributed by atoms with E-state index in [1.54, 1.807) is 7.05 Å². The van der Waals surface area contributed by atoms with Crippen LogP contribution in [-0.2, 0) is 4.79 Å². The molecule has 0 saturated carbocycles. The Labute approximate surface area is 103 Å². The van der Waals surface area contributed by atoms with Crippen molar-refractivity contribution >= 4 is 11.6 Å². The van der Waals surface area contributed by atoms with Crippen LogP contribution < -0.4 is 16.0 Å². The molecule has 0 bridgehead atoms. The van der Waals surface area contributed by atoms with Gasteiger partial charge in [0.15, 0.2) is 0 Å². The lowest BCUT2D eigenvalue weighted by Gasteiger charge is -2.26. The van der Waals surface area contributed by atoms with Gasteiger partial charge in [0.2, 0.25) is 5.91 Å². The summed E-state index contributed by atoms with van der Waals surface area (Å²) < 4.78 is 0. The van der Waals surface area contributed by atoms with Crippen molar-refractivity contribution in [1.82, 2.24) is 5.32 Å². The second-order valence-electron chi connectivity index (χ2n) is 4.12. The predicted octanol–water partition coefficient (Wildman–Crippen LogP) is 0.895. The fraction of sp³-hybridized carbons (Fsp3) is 0.462. The van der Waals surface area contributed by atoms with E-state index in [1.165, 1.54) is 5.56 Å². The second-order valence-corrected chi connectivity index (χ2v) is 4.12. The van der Waals surface area contributed by atoms with Crippen LogP contribution in [0.1, 0.15) is 12.5 Å². The Balaban J connectivity index is 2.77. The number of carbonyl (C=O) groups is 1. The SMILES string of the molecule is CCN(CC(NC)C(N)=O)c1ccc(C)cc1. The third kappa shape index (κ3) is 3.75. The van der Waals surface area contributed by atoms with E-state index in [1.807, 2.05) is 0 Å². The van der Waals surface area contributed by atoms with Gasteiger partial charge < -0.3 is 16.0 Å². The van der Waals surface area contributed by atoms with E-state index in [4.69, 9.17) is 5.73 Å². The van der Waals surface area contributed by atoms with Gasteiger partial charge in [0.25, 0.3) is 0 Å². The largest absolute Gasteiger partial charge is 0.370 e. The number of nitrogens with two attached hydrogens (primary N) is 1. The second kappa shape index (κ2) is 6.25. The first-order chi connectivity index (χ1) is 8.08. The summed E-state index contributed by atoms with van der Waals surface area (Å²) in [6, 6.07) is 7.93. The molecule has 0 aliphatic rings. The van der Waals surface area contributed by atoms with Crippen LogP contribution in [-0.4, -0.2) is 32.1 Å². The minimum atomic E-state index is -0.323. The van der Waals surface area contributed by atoms with Crippen molar-refractivity contribution in [3.05, 3.63) is 29.8 Å². The molecular weight excluding hydrogens is 214 g/mol. The molecule has 0 aromatic heterocycles. The number of carbonyl (C=O) groups excluding carboxylic acids is 1. The smallest absolute Gasteiger partial charge is 0.236 e. The maximum atomic E-state index is 11.2. The van der Waals surface area contributed by atoms with E-state index in [2.05, 4.69) is 48.3 Å². The molecule has 1 unspecified atom stereocenters. The van der Waals surface area contributed by atoms with Crippen LogP contribution in [0.25, 0.3) is 0 Å². The Hall–Kier alpha value is -1.55. The predicted molar refractivity (Wildman–Crippen MR) is 71.1 cm³/mol. The number of aryl methyl sites for hydroxylation is 1. The highest BCUT2D eigenvalue weighted by Gasteiger charge is 2.16. The number of nitrogens with zero attached hydrogens (tertiary/aromatic N) is 1. The Kier molecular flexibility index (Phi) is 4.97. The standard InChI is InChI=1S/C13H21N3O/c1-4-16(9-12(15-3)13(14)17)11-7-5-10(2)6-8-11/h5-8,12,15H,4,9H2,1-3H3,(H2,14,17). The van der Waals surface area contributed by atoms with Crippen LogP contribution in [0.15, 0.2) is 24.3 Å². The number of likely N-dealkylation sites (N-methyl/N-ethyl adjacent to an activating group) is 2. The monoisotopic (exact) mass is 235 g/mol. The third-order valence-corrected chi connectivity index (χ3v) is 2.88. The zero-order chi connectivity index (χ0) is 12.8. The molecule has 1 atom stereocenters. The first kappa shape index (κ1) is 13.5. The number of benzene rings is 1. The number of nitrogens with one attached hydrogen (secondary N) is 1. The maximum absolute atomic E-state index is 11.2. The summed E-state index contributed by atoms with van der Waals surface area (Å²) in [4.78, 5) is 13.3. The van der Waals surface area contributed by atoms with Gasteiger partial charge in [-0.05, 0) is 33.0 Å². The van der Waals surface area contributed by atoms with Gasteiger partial charge in [-0.3, -0.25) is 4.79 Å². The summed E-state index contributed by atoms with van der Waals surface area (Å²) in [5, 5.41) is 2.93. The molecule has 0 spiro atoms. The average Bonchev–Trinajstić information content (AvgIpc) is 2.32. The lowest BCUT2D eigenvalue weighted by molar-refractivity contribution is -0.119. The molecular formula is C13H21N3O. The fourth-order valence-electron chi connectivity index (χ4n) is 1.72. The Morgan fingerprint density at radius 3 is 2.41 bits per heavy atom. The number of hydrogen-bond acceptors (Lipinski definition) is 3. The molecule has 1 amide bonds. The summed E-state index contributed by atoms with van der Waals surface area (Å²) in [5.41, 5.74) is 7.66. The van der Waals surface area contributed by atoms with E-state index in [0.717, 1.165) is 12.2 Å². The van der Waals surface area contributed by atoms with E-state index in [0.29, 0.717) is 6.54 Å². The quantitative estimate of drug-likeness (QED) is 0.770. The Bertz CT molecular complexity index is 361. The highest BCUT2D eigenvalue weighted by Crippen LogP contribution is 2.15. The van der Waals surface area contributed by atoms with Gasteiger partial charge in [-0.2, -0.15) is 0 Å². The summed E-state index contributed by atoms with van der Waals surface area (Å²) in [6.07, 6.45) is 0. The number of anilines is 1. The number of rotatable bonds is 6. The van der Waals surface area contributed by atoms with Crippen molar-refractivity contribution in [3.63, 3.8) is 0 Å². The van der Waals surface area contributed by atoms with Gasteiger partial charge in [-0.1, -0.05) is 17.7 Å². The normalized spacial score (nSPS) is 12.2. The molecule has 94 valence electrons. The molecule has 0 aliphatic heterocycles. The zero-order valence-corrected chi connectivity index (χ0v) is 10.7. The molecule has 0 radical (unpaired) electrons. The van der Waals surface area contributed by atoms with E-state index < -0.39 is 0 Å². The van der Waals surface area contributed by atoms with Crippen LogP contribution in [0.4, 0.5) is 5.69 Å². The summed E-state index contributed by atoms with van der Waals surface area (Å²) in [6.45, 7) is 5.55. The van der Waals surface area contributed by atoms with Crippen molar-refractivity contribution < 1.29 is 4.79 Å². The number of amides is 1. The maximum Gasteiger partial charge on any atom is 0.236 e. The first-order valence-corrected chi connectivity index (χ1v) is 5.86. The van der Waals surface area contributed by atoms with E-state index >= 15 is 0 Å². The zero-order valence-electron chi connectivity index (χ0n) is 10.7. The summed E-state index contributed by atoms with van der Waals surface area (Å²) in [5.74, 6) is -0.321. The number of primary amides is 1. The molecule has 3 N–H and O–H groups in total. The molecule has 4 nitrogen and oxygen atoms in total. The van der Waals surface area contributed by atoms with Crippen molar-refractivity contribution in [2.24, 2.45) is 5.73 Å². The topological polar surface area (TPSA) is 58.4 Å². The molecule has 4 heteroatoms. The van der Waals surface area contributed by atoms with Crippen LogP contribution in [0.5, 0.6) is 0 Å². The van der Waals surface area contributed by atoms with E-state index in [-0.39, 0.29) is 11.9 Å². The lowest BCUT2D eigenvalue weighted by Crippen LogP contribution is -2.47. The summed E-state index contributed by atoms with van der Waals surface area (Å²) >= 11 is 0. The lowest BCUT2D eigenvalue weighted by atomic mass is 10.2. The number of hydrogen-bond donors (Lipinski definition) is 2. The molecule has 0 aliphatic carbocycles. The highest BCUT2D eigenvalue weighted by atomic mass is 16.1. The third-order valence-electron chi connectivity index (χ3n) is 2.88.